The number of aromatic amines is 1. The van der Waals surface area contributed by atoms with Crippen molar-refractivity contribution in [3.63, 3.8) is 0 Å². The van der Waals surface area contributed by atoms with Crippen LogP contribution in [0.15, 0.2) is 53.2 Å². The Hall–Kier alpha value is -3.88. The molecule has 0 radical (unpaired) electrons. The molecule has 2 aromatic carbocycles. The van der Waals surface area contributed by atoms with Crippen molar-refractivity contribution in [2.75, 3.05) is 33.3 Å². The Morgan fingerprint density at radius 2 is 1.78 bits per heavy atom. The predicted molar refractivity (Wildman–Crippen MR) is 135 cm³/mol. The minimum atomic E-state index is -0.613. The number of ether oxygens (including phenoxy) is 1. The third-order valence-corrected chi connectivity index (χ3v) is 6.64. The van der Waals surface area contributed by atoms with Gasteiger partial charge < -0.3 is 24.0 Å². The first-order valence-corrected chi connectivity index (χ1v) is 11.9. The predicted octanol–water partition coefficient (Wildman–Crippen LogP) is 2.03. The molecule has 1 fully saturated rings. The van der Waals surface area contributed by atoms with Crippen molar-refractivity contribution >= 4 is 43.0 Å². The Bertz CT molecular complexity index is 1440. The number of Topliss-reactive ketones (excluding diaryl/α,β-unsaturated/α-hetero) is 1. The largest absolute Gasteiger partial charge is 0.375 e. The summed E-state index contributed by atoms with van der Waals surface area (Å²) < 4.78 is 10.2. The molecule has 184 valence electrons. The number of rotatable bonds is 6. The van der Waals surface area contributed by atoms with Crippen LogP contribution >= 0.6 is 9.24 Å². The molecule has 2 aromatic heterocycles. The average molecular weight is 505 g/mol. The highest BCUT2D eigenvalue weighted by molar-refractivity contribution is 7.28. The second-order valence-corrected chi connectivity index (χ2v) is 9.00. The van der Waals surface area contributed by atoms with Crippen molar-refractivity contribution in [3.8, 4) is 11.4 Å². The Morgan fingerprint density at radius 1 is 1.06 bits per heavy atom. The molecule has 10 nitrogen and oxygen atoms in total. The number of carbonyl (C=O) groups excluding carboxylic acids is 3. The summed E-state index contributed by atoms with van der Waals surface area (Å²) in [5, 5.41) is 5.36. The highest BCUT2D eigenvalue weighted by Crippen LogP contribution is 2.29. The molecule has 0 saturated carbocycles. The topological polar surface area (TPSA) is 122 Å². The van der Waals surface area contributed by atoms with Crippen LogP contribution in [0.5, 0.6) is 0 Å². The summed E-state index contributed by atoms with van der Waals surface area (Å²) >= 11 is 0. The number of carbonyl (C=O) groups is 3. The monoisotopic (exact) mass is 505 g/mol. The summed E-state index contributed by atoms with van der Waals surface area (Å²) in [6, 6.07) is 12.7. The van der Waals surface area contributed by atoms with Gasteiger partial charge in [0, 0.05) is 56.0 Å². The molecular weight excluding hydrogens is 481 g/mol. The van der Waals surface area contributed by atoms with E-state index in [4.69, 9.17) is 9.26 Å². The van der Waals surface area contributed by atoms with E-state index in [1.165, 1.54) is 18.2 Å². The number of fused-ring (bicyclic) bond motifs is 1. The maximum absolute atomic E-state index is 13.3. The van der Waals surface area contributed by atoms with E-state index in [1.807, 2.05) is 30.3 Å². The van der Waals surface area contributed by atoms with Crippen molar-refractivity contribution in [1.29, 1.82) is 0 Å². The van der Waals surface area contributed by atoms with Gasteiger partial charge in [0.2, 0.25) is 5.82 Å². The van der Waals surface area contributed by atoms with Gasteiger partial charge in [0.25, 0.3) is 23.5 Å². The van der Waals surface area contributed by atoms with Crippen LogP contribution in [0.2, 0.25) is 0 Å². The molecule has 1 aliphatic heterocycles. The van der Waals surface area contributed by atoms with Gasteiger partial charge in [-0.25, -0.2) is 0 Å². The number of H-pyrrole nitrogens is 1. The fourth-order valence-electron chi connectivity index (χ4n) is 4.32. The highest BCUT2D eigenvalue weighted by Gasteiger charge is 2.31. The first-order valence-electron chi connectivity index (χ1n) is 11.4. The van der Waals surface area contributed by atoms with Crippen LogP contribution in [0.25, 0.3) is 22.3 Å². The van der Waals surface area contributed by atoms with Gasteiger partial charge in [0.15, 0.2) is 0 Å². The summed E-state index contributed by atoms with van der Waals surface area (Å²) in [7, 11) is 4.13. The zero-order valence-electron chi connectivity index (χ0n) is 19.6. The van der Waals surface area contributed by atoms with Crippen LogP contribution in [0.4, 0.5) is 0 Å². The zero-order chi connectivity index (χ0) is 25.2. The van der Waals surface area contributed by atoms with Crippen molar-refractivity contribution in [2.24, 2.45) is 0 Å². The second kappa shape index (κ2) is 10.0. The van der Waals surface area contributed by atoms with Crippen LogP contribution in [0.1, 0.15) is 26.6 Å². The van der Waals surface area contributed by atoms with E-state index in [2.05, 4.69) is 24.4 Å². The Balaban J connectivity index is 1.34. The van der Waals surface area contributed by atoms with Crippen LogP contribution in [0, 0.1) is 0 Å². The SMILES string of the molecule is COCc1nc(-c2ccc(P)c3c(C(=O)C(=O)N4CCN(C(=O)c5ccccc5)CC4)c[nH]c23)no1. The number of hydrogen-bond donors (Lipinski definition) is 1. The fourth-order valence-corrected chi connectivity index (χ4v) is 4.72. The van der Waals surface area contributed by atoms with Crippen molar-refractivity contribution in [1.82, 2.24) is 24.9 Å². The quantitative estimate of drug-likeness (QED) is 0.242. The van der Waals surface area contributed by atoms with Crippen LogP contribution in [-0.2, 0) is 16.1 Å². The van der Waals surface area contributed by atoms with Gasteiger partial charge in [0.05, 0.1) is 11.1 Å². The van der Waals surface area contributed by atoms with E-state index >= 15 is 0 Å². The van der Waals surface area contributed by atoms with Crippen LogP contribution in [0.3, 0.4) is 0 Å². The number of piperazine rings is 1. The number of nitrogens with one attached hydrogen (secondary N) is 1. The number of amides is 2. The Kier molecular flexibility index (Phi) is 6.63. The molecule has 1 unspecified atom stereocenters. The maximum Gasteiger partial charge on any atom is 0.295 e. The number of ketones is 1. The Labute approximate surface area is 208 Å². The number of benzene rings is 2. The van der Waals surface area contributed by atoms with Crippen molar-refractivity contribution < 1.29 is 23.6 Å². The van der Waals surface area contributed by atoms with E-state index in [-0.39, 0.29) is 31.2 Å². The minimum Gasteiger partial charge on any atom is -0.375 e. The van der Waals surface area contributed by atoms with E-state index in [1.54, 1.807) is 17.0 Å². The lowest BCUT2D eigenvalue weighted by molar-refractivity contribution is -0.127. The van der Waals surface area contributed by atoms with Gasteiger partial charge in [0.1, 0.15) is 6.61 Å². The molecule has 0 spiro atoms. The summed E-state index contributed by atoms with van der Waals surface area (Å²) in [6.45, 7) is 1.48. The van der Waals surface area contributed by atoms with E-state index < -0.39 is 11.7 Å². The standard InChI is InChI=1S/C25H24N5O5P/c1-34-14-19-27-23(28-35-19)16-7-8-18(36)20-17(13-26-21(16)20)22(31)25(33)30-11-9-29(10-12-30)24(32)15-5-3-2-4-6-15/h2-8,13,26H,9-12,14,36H2,1H3. The number of methoxy groups -OCH3 is 1. The second-order valence-electron chi connectivity index (χ2n) is 8.38. The van der Waals surface area contributed by atoms with E-state index in [0.29, 0.717) is 46.8 Å². The summed E-state index contributed by atoms with van der Waals surface area (Å²) in [6.07, 6.45) is 1.54. The molecule has 1 N–H and O–H groups in total. The third kappa shape index (κ3) is 4.41. The summed E-state index contributed by atoms with van der Waals surface area (Å²) in [4.78, 5) is 49.7. The molecular formula is C25H24N5O5P. The van der Waals surface area contributed by atoms with Gasteiger partial charge >= 0.3 is 0 Å². The number of hydrogen-bond acceptors (Lipinski definition) is 7. The number of aromatic nitrogens is 3. The first kappa shape index (κ1) is 23.8. The maximum atomic E-state index is 13.3. The molecule has 5 rings (SSSR count). The lowest BCUT2D eigenvalue weighted by atomic mass is 10.0. The summed E-state index contributed by atoms with van der Waals surface area (Å²) in [5.41, 5.74) is 2.14. The fraction of sp³-hybridized carbons (Fsp3) is 0.240. The molecule has 36 heavy (non-hydrogen) atoms. The molecule has 11 heteroatoms. The van der Waals surface area contributed by atoms with Gasteiger partial charge in [-0.1, -0.05) is 29.4 Å². The average Bonchev–Trinajstić information content (AvgIpc) is 3.57. The lowest BCUT2D eigenvalue weighted by Gasteiger charge is -2.34. The van der Waals surface area contributed by atoms with Crippen LogP contribution < -0.4 is 5.30 Å². The molecule has 1 aliphatic rings. The molecule has 3 heterocycles. The van der Waals surface area contributed by atoms with E-state index in [0.717, 1.165) is 5.30 Å². The smallest absolute Gasteiger partial charge is 0.295 e. The molecule has 2 amide bonds. The van der Waals surface area contributed by atoms with E-state index in [9.17, 15) is 14.4 Å². The Morgan fingerprint density at radius 3 is 2.50 bits per heavy atom. The minimum absolute atomic E-state index is 0.0824. The van der Waals surface area contributed by atoms with Crippen LogP contribution in [-0.4, -0.2) is 75.8 Å². The highest BCUT2D eigenvalue weighted by atomic mass is 31.0. The third-order valence-electron chi connectivity index (χ3n) is 6.16. The van der Waals surface area contributed by atoms with Gasteiger partial charge in [-0.3, -0.25) is 14.4 Å². The zero-order valence-corrected chi connectivity index (χ0v) is 20.7. The number of nitrogens with zero attached hydrogens (tertiary/aromatic N) is 4. The first-order chi connectivity index (χ1) is 17.5. The summed E-state index contributed by atoms with van der Waals surface area (Å²) in [5.74, 6) is -0.611. The van der Waals surface area contributed by atoms with Crippen molar-refractivity contribution in [3.05, 3.63) is 65.7 Å². The molecule has 4 aromatic rings. The molecule has 1 saturated heterocycles. The normalized spacial score (nSPS) is 13.8. The lowest BCUT2D eigenvalue weighted by Crippen LogP contribution is -2.52. The van der Waals surface area contributed by atoms with Gasteiger partial charge in [-0.2, -0.15) is 4.98 Å². The van der Waals surface area contributed by atoms with Gasteiger partial charge in [-0.15, -0.1) is 9.24 Å². The van der Waals surface area contributed by atoms with Gasteiger partial charge in [-0.05, 0) is 23.5 Å². The molecule has 0 aliphatic carbocycles. The van der Waals surface area contributed by atoms with Crippen molar-refractivity contribution in [2.45, 2.75) is 6.61 Å². The molecule has 1 atom stereocenters. The molecule has 0 bridgehead atoms.